The molecule has 0 aromatic heterocycles. The van der Waals surface area contributed by atoms with Crippen LogP contribution in [0.25, 0.3) is 0 Å². The molecule has 0 unspecified atom stereocenters. The Morgan fingerprint density at radius 3 is 2.45 bits per heavy atom. The van der Waals surface area contributed by atoms with Gasteiger partial charge in [0.15, 0.2) is 0 Å². The van der Waals surface area contributed by atoms with E-state index in [0.717, 1.165) is 12.0 Å². The molecule has 0 saturated heterocycles. The van der Waals surface area contributed by atoms with Crippen molar-refractivity contribution in [1.82, 2.24) is 15.5 Å². The number of hydrogen-bond acceptors (Lipinski definition) is 3. The first-order valence-electron chi connectivity index (χ1n) is 7.13. The molecule has 0 aliphatic heterocycles. The van der Waals surface area contributed by atoms with Gasteiger partial charge < -0.3 is 21.3 Å². The molecule has 0 radical (unpaired) electrons. The monoisotopic (exact) mass is 328 g/mol. The Hall–Kier alpha value is -1.79. The Bertz CT molecular complexity index is 442. The van der Waals surface area contributed by atoms with Crippen LogP contribution in [-0.4, -0.2) is 43.5 Å². The number of benzene rings is 1. The molecule has 0 saturated carbocycles. The lowest BCUT2D eigenvalue weighted by Gasteiger charge is -2.18. The van der Waals surface area contributed by atoms with E-state index in [9.17, 15) is 9.59 Å². The predicted octanol–water partition coefficient (Wildman–Crippen LogP) is 1.10. The summed E-state index contributed by atoms with van der Waals surface area (Å²) in [6.07, 6.45) is 1.04. The van der Waals surface area contributed by atoms with E-state index in [1.54, 1.807) is 11.9 Å². The average Bonchev–Trinajstić information content (AvgIpc) is 2.48. The van der Waals surface area contributed by atoms with Crippen molar-refractivity contribution in [3.05, 3.63) is 35.9 Å². The van der Waals surface area contributed by atoms with Crippen LogP contribution < -0.4 is 16.4 Å². The highest BCUT2D eigenvalue weighted by atomic mass is 35.5. The van der Waals surface area contributed by atoms with Gasteiger partial charge in [-0.3, -0.25) is 4.79 Å². The predicted molar refractivity (Wildman–Crippen MR) is 89.9 cm³/mol. The molecule has 0 aliphatic rings. The molecule has 7 heteroatoms. The number of carbonyl (C=O) groups excluding carboxylic acids is 2. The second kappa shape index (κ2) is 11.8. The Kier molecular flexibility index (Phi) is 10.9. The summed E-state index contributed by atoms with van der Waals surface area (Å²) in [5.74, 6) is -0.0746. The Labute approximate surface area is 137 Å². The van der Waals surface area contributed by atoms with E-state index in [1.807, 2.05) is 30.3 Å². The van der Waals surface area contributed by atoms with E-state index in [-0.39, 0.29) is 30.8 Å². The van der Waals surface area contributed by atoms with Crippen LogP contribution in [0.2, 0.25) is 0 Å². The Balaban J connectivity index is 0.00000441. The fourth-order valence-electron chi connectivity index (χ4n) is 1.77. The van der Waals surface area contributed by atoms with Gasteiger partial charge in [-0.1, -0.05) is 30.3 Å². The maximum Gasteiger partial charge on any atom is 0.317 e. The Morgan fingerprint density at radius 1 is 1.14 bits per heavy atom. The minimum absolute atomic E-state index is 0. The van der Waals surface area contributed by atoms with Gasteiger partial charge in [0, 0.05) is 33.1 Å². The summed E-state index contributed by atoms with van der Waals surface area (Å²) >= 11 is 0. The van der Waals surface area contributed by atoms with E-state index >= 15 is 0 Å². The van der Waals surface area contributed by atoms with Crippen LogP contribution >= 0.6 is 12.4 Å². The molecular formula is C15H25ClN4O2. The first kappa shape index (κ1) is 20.2. The van der Waals surface area contributed by atoms with Crippen LogP contribution in [0.3, 0.4) is 0 Å². The number of halogens is 1. The number of hydrogen-bond donors (Lipinski definition) is 3. The average molecular weight is 329 g/mol. The zero-order valence-corrected chi connectivity index (χ0v) is 13.7. The van der Waals surface area contributed by atoms with Gasteiger partial charge in [0.25, 0.3) is 0 Å². The summed E-state index contributed by atoms with van der Waals surface area (Å²) in [6.45, 7) is 2.00. The molecule has 6 nitrogen and oxygen atoms in total. The lowest BCUT2D eigenvalue weighted by Crippen LogP contribution is -2.39. The number of urea groups is 1. The summed E-state index contributed by atoms with van der Waals surface area (Å²) in [5, 5.41) is 5.47. The number of nitrogens with one attached hydrogen (secondary N) is 2. The van der Waals surface area contributed by atoms with E-state index < -0.39 is 0 Å². The lowest BCUT2D eigenvalue weighted by atomic mass is 10.2. The number of amides is 3. The smallest absolute Gasteiger partial charge is 0.317 e. The summed E-state index contributed by atoms with van der Waals surface area (Å²) < 4.78 is 0. The molecule has 0 fully saturated rings. The number of nitrogens with zero attached hydrogens (tertiary/aromatic N) is 1. The van der Waals surface area contributed by atoms with Crippen molar-refractivity contribution >= 4 is 24.3 Å². The highest BCUT2D eigenvalue weighted by Crippen LogP contribution is 2.02. The summed E-state index contributed by atoms with van der Waals surface area (Å²) in [4.78, 5) is 24.9. The van der Waals surface area contributed by atoms with E-state index in [4.69, 9.17) is 5.73 Å². The highest BCUT2D eigenvalue weighted by Gasteiger charge is 2.09. The molecule has 0 heterocycles. The van der Waals surface area contributed by atoms with Crippen molar-refractivity contribution in [3.63, 3.8) is 0 Å². The van der Waals surface area contributed by atoms with Gasteiger partial charge in [-0.05, 0) is 18.5 Å². The van der Waals surface area contributed by atoms with Gasteiger partial charge in [0.2, 0.25) is 5.91 Å². The highest BCUT2D eigenvalue weighted by molar-refractivity contribution is 5.85. The molecule has 1 aromatic carbocycles. The molecule has 0 aliphatic carbocycles. The topological polar surface area (TPSA) is 87.5 Å². The first-order chi connectivity index (χ1) is 10.1. The summed E-state index contributed by atoms with van der Waals surface area (Å²) in [5.41, 5.74) is 6.40. The van der Waals surface area contributed by atoms with Gasteiger partial charge >= 0.3 is 6.03 Å². The third-order valence-electron chi connectivity index (χ3n) is 2.94. The quantitative estimate of drug-likeness (QED) is 0.625. The van der Waals surface area contributed by atoms with Crippen molar-refractivity contribution in [2.75, 3.05) is 26.7 Å². The molecular weight excluding hydrogens is 304 g/mol. The van der Waals surface area contributed by atoms with Crippen molar-refractivity contribution in [2.45, 2.75) is 19.4 Å². The van der Waals surface area contributed by atoms with Gasteiger partial charge in [-0.15, -0.1) is 12.4 Å². The molecule has 4 N–H and O–H groups in total. The van der Waals surface area contributed by atoms with Crippen molar-refractivity contribution in [3.8, 4) is 0 Å². The van der Waals surface area contributed by atoms with Crippen molar-refractivity contribution in [2.24, 2.45) is 5.73 Å². The van der Waals surface area contributed by atoms with Crippen LogP contribution in [0.1, 0.15) is 18.4 Å². The van der Waals surface area contributed by atoms with Crippen molar-refractivity contribution in [1.29, 1.82) is 0 Å². The lowest BCUT2D eigenvalue weighted by molar-refractivity contribution is -0.120. The molecule has 0 spiro atoms. The van der Waals surface area contributed by atoms with E-state index in [0.29, 0.717) is 26.2 Å². The van der Waals surface area contributed by atoms with Gasteiger partial charge in [-0.25, -0.2) is 4.79 Å². The fraction of sp³-hybridized carbons (Fsp3) is 0.467. The zero-order valence-electron chi connectivity index (χ0n) is 12.9. The molecule has 0 atom stereocenters. The third kappa shape index (κ3) is 8.49. The number of nitrogens with two attached hydrogens (primary N) is 1. The van der Waals surface area contributed by atoms with Crippen LogP contribution in [0.15, 0.2) is 30.3 Å². The summed E-state index contributed by atoms with van der Waals surface area (Å²) in [6, 6.07) is 9.56. The van der Waals surface area contributed by atoms with Crippen LogP contribution in [0, 0.1) is 0 Å². The van der Waals surface area contributed by atoms with E-state index in [1.165, 1.54) is 0 Å². The Morgan fingerprint density at radius 2 is 1.82 bits per heavy atom. The molecule has 1 aromatic rings. The van der Waals surface area contributed by atoms with Crippen LogP contribution in [0.5, 0.6) is 0 Å². The second-order valence-corrected chi connectivity index (χ2v) is 4.82. The third-order valence-corrected chi connectivity index (χ3v) is 2.94. The normalized spacial score (nSPS) is 9.55. The number of rotatable bonds is 8. The minimum atomic E-state index is -0.186. The molecule has 1 rings (SSSR count). The maximum absolute atomic E-state index is 11.9. The largest absolute Gasteiger partial charge is 0.356 e. The molecule has 3 amide bonds. The van der Waals surface area contributed by atoms with Gasteiger partial charge in [0.05, 0.1) is 0 Å². The van der Waals surface area contributed by atoms with Crippen LogP contribution in [0.4, 0.5) is 4.79 Å². The minimum Gasteiger partial charge on any atom is -0.356 e. The van der Waals surface area contributed by atoms with Crippen LogP contribution in [-0.2, 0) is 11.3 Å². The zero-order chi connectivity index (χ0) is 15.5. The second-order valence-electron chi connectivity index (χ2n) is 4.82. The fourth-order valence-corrected chi connectivity index (χ4v) is 1.77. The molecule has 124 valence electrons. The maximum atomic E-state index is 11.9. The molecule has 0 bridgehead atoms. The summed E-state index contributed by atoms with van der Waals surface area (Å²) in [7, 11) is 1.73. The van der Waals surface area contributed by atoms with Crippen molar-refractivity contribution < 1.29 is 9.59 Å². The standard InChI is InChI=1S/C15H24N4O2.ClH/c1-19(12-13-6-3-2-4-7-13)15(21)18-11-8-14(20)17-10-5-9-16;/h2-4,6-7H,5,8-12,16H2,1H3,(H,17,20)(H,18,21);1H. The SMILES string of the molecule is CN(Cc1ccccc1)C(=O)NCCC(=O)NCCCN.Cl. The molecule has 22 heavy (non-hydrogen) atoms. The number of carbonyl (C=O) groups is 2. The first-order valence-corrected chi connectivity index (χ1v) is 7.13. The van der Waals surface area contributed by atoms with E-state index in [2.05, 4.69) is 10.6 Å². The van der Waals surface area contributed by atoms with Gasteiger partial charge in [-0.2, -0.15) is 0 Å². The van der Waals surface area contributed by atoms with Gasteiger partial charge in [0.1, 0.15) is 0 Å².